The van der Waals surface area contributed by atoms with E-state index in [-0.39, 0.29) is 23.7 Å². The summed E-state index contributed by atoms with van der Waals surface area (Å²) >= 11 is 4.84. The first kappa shape index (κ1) is 21.0. The Bertz CT molecular complexity index is 730. The molecule has 1 aromatic rings. The predicted octanol–water partition coefficient (Wildman–Crippen LogP) is 1.65. The van der Waals surface area contributed by atoms with E-state index in [2.05, 4.69) is 5.32 Å². The van der Waals surface area contributed by atoms with Crippen molar-refractivity contribution in [2.45, 2.75) is 24.9 Å². The van der Waals surface area contributed by atoms with Gasteiger partial charge in [-0.3, -0.25) is 4.79 Å². The van der Waals surface area contributed by atoms with Gasteiger partial charge in [-0.15, -0.1) is 0 Å². The summed E-state index contributed by atoms with van der Waals surface area (Å²) in [5.41, 5.74) is -3.50. The van der Waals surface area contributed by atoms with Crippen molar-refractivity contribution in [2.75, 3.05) is 20.8 Å². The highest BCUT2D eigenvalue weighted by Crippen LogP contribution is 2.46. The largest absolute Gasteiger partial charge is 0.493 e. The SMILES string of the molecule is CCOC(=O)[C@H]1[C@H](c2cccc(OC)c2OC)NC(=S)N[C@]1(O)C(F)(F)F. The lowest BCUT2D eigenvalue weighted by molar-refractivity contribution is -0.292. The molecule has 3 atom stereocenters. The number of nitrogens with one attached hydrogen (secondary N) is 2. The minimum atomic E-state index is -5.22. The van der Waals surface area contributed by atoms with Gasteiger partial charge >= 0.3 is 12.1 Å². The monoisotopic (exact) mass is 408 g/mol. The molecule has 0 bridgehead atoms. The van der Waals surface area contributed by atoms with Crippen LogP contribution in [-0.4, -0.2) is 48.9 Å². The van der Waals surface area contributed by atoms with E-state index in [4.69, 9.17) is 26.4 Å². The van der Waals surface area contributed by atoms with Gasteiger partial charge in [0, 0.05) is 5.56 Å². The van der Waals surface area contributed by atoms with Crippen molar-refractivity contribution in [1.29, 1.82) is 0 Å². The average Bonchev–Trinajstić information content (AvgIpc) is 2.59. The molecule has 0 spiro atoms. The Morgan fingerprint density at radius 3 is 2.52 bits per heavy atom. The van der Waals surface area contributed by atoms with Crippen molar-refractivity contribution in [2.24, 2.45) is 5.92 Å². The zero-order chi connectivity index (χ0) is 20.4. The first-order chi connectivity index (χ1) is 12.6. The van der Waals surface area contributed by atoms with E-state index in [1.807, 2.05) is 0 Å². The quantitative estimate of drug-likeness (QED) is 0.501. The molecule has 7 nitrogen and oxygen atoms in total. The van der Waals surface area contributed by atoms with E-state index < -0.39 is 34.9 Å². The standard InChI is InChI=1S/C16H19F3N2O5S/c1-4-26-13(22)10-11(8-6-5-7-9(24-2)12(8)25-3)20-14(27)21-15(10,23)16(17,18)19/h5-7,10-11,23H,4H2,1-3H3,(H2,20,21,27)/t10-,11+,15-/m1/s1. The van der Waals surface area contributed by atoms with Gasteiger partial charge in [0.05, 0.1) is 26.9 Å². The van der Waals surface area contributed by atoms with Crippen molar-refractivity contribution in [3.05, 3.63) is 23.8 Å². The molecule has 0 unspecified atom stereocenters. The maximum absolute atomic E-state index is 13.7. The van der Waals surface area contributed by atoms with Crippen LogP contribution < -0.4 is 20.1 Å². The third-order valence-electron chi connectivity index (χ3n) is 4.12. The van der Waals surface area contributed by atoms with Crippen LogP contribution in [0.2, 0.25) is 0 Å². The molecule has 3 N–H and O–H groups in total. The number of hydrogen-bond acceptors (Lipinski definition) is 6. The maximum Gasteiger partial charge on any atom is 0.437 e. The molecule has 1 saturated heterocycles. The highest BCUT2D eigenvalue weighted by Gasteiger charge is 2.66. The minimum absolute atomic E-state index is 0.0982. The number of carbonyl (C=O) groups is 1. The van der Waals surface area contributed by atoms with E-state index in [9.17, 15) is 23.1 Å². The van der Waals surface area contributed by atoms with Crippen LogP contribution in [0.5, 0.6) is 11.5 Å². The zero-order valence-corrected chi connectivity index (χ0v) is 15.5. The van der Waals surface area contributed by atoms with E-state index in [0.29, 0.717) is 0 Å². The Hall–Kier alpha value is -2.27. The molecule has 0 aliphatic carbocycles. The number of benzene rings is 1. The lowest BCUT2D eigenvalue weighted by Crippen LogP contribution is -2.73. The lowest BCUT2D eigenvalue weighted by atomic mass is 9.81. The number of methoxy groups -OCH3 is 2. The molecular weight excluding hydrogens is 389 g/mol. The molecule has 1 aliphatic heterocycles. The summed E-state index contributed by atoms with van der Waals surface area (Å²) < 4.78 is 56.3. The van der Waals surface area contributed by atoms with Crippen LogP contribution in [0.15, 0.2) is 18.2 Å². The maximum atomic E-state index is 13.7. The number of aliphatic hydroxyl groups is 1. The van der Waals surface area contributed by atoms with Crippen LogP contribution in [-0.2, 0) is 9.53 Å². The summed E-state index contributed by atoms with van der Waals surface area (Å²) in [6.07, 6.45) is -5.22. The van der Waals surface area contributed by atoms with Crippen LogP contribution in [0.1, 0.15) is 18.5 Å². The molecule has 1 aliphatic rings. The molecule has 0 saturated carbocycles. The third-order valence-corrected chi connectivity index (χ3v) is 4.34. The van der Waals surface area contributed by atoms with Crippen molar-refractivity contribution < 1.29 is 37.3 Å². The van der Waals surface area contributed by atoms with E-state index in [1.165, 1.54) is 39.3 Å². The van der Waals surface area contributed by atoms with Crippen LogP contribution >= 0.6 is 12.2 Å². The normalized spacial score (nSPS) is 25.2. The number of ether oxygens (including phenoxy) is 3. The zero-order valence-electron chi connectivity index (χ0n) is 14.7. The van der Waals surface area contributed by atoms with E-state index >= 15 is 0 Å². The number of rotatable bonds is 5. The minimum Gasteiger partial charge on any atom is -0.493 e. The summed E-state index contributed by atoms with van der Waals surface area (Å²) in [4.78, 5) is 12.4. The average molecular weight is 408 g/mol. The molecular formula is C16H19F3N2O5S. The van der Waals surface area contributed by atoms with Crippen LogP contribution in [0.25, 0.3) is 0 Å². The summed E-state index contributed by atoms with van der Waals surface area (Å²) in [5.74, 6) is -3.03. The second kappa shape index (κ2) is 7.77. The number of esters is 1. The lowest BCUT2D eigenvalue weighted by Gasteiger charge is -2.45. The second-order valence-electron chi connectivity index (χ2n) is 5.65. The fourth-order valence-electron chi connectivity index (χ4n) is 2.95. The van der Waals surface area contributed by atoms with Crippen molar-refractivity contribution in [3.8, 4) is 11.5 Å². The van der Waals surface area contributed by atoms with Crippen LogP contribution in [0.4, 0.5) is 13.2 Å². The summed E-state index contributed by atoms with van der Waals surface area (Å²) in [6, 6.07) is 3.10. The number of thiocarbonyl (C=S) groups is 1. The first-order valence-electron chi connectivity index (χ1n) is 7.86. The van der Waals surface area contributed by atoms with Crippen molar-refractivity contribution in [3.63, 3.8) is 0 Å². The Morgan fingerprint density at radius 1 is 1.33 bits per heavy atom. The summed E-state index contributed by atoms with van der Waals surface area (Å²) in [5, 5.41) is 14.3. The number of para-hydroxylation sites is 1. The van der Waals surface area contributed by atoms with Gasteiger partial charge in [0.15, 0.2) is 16.6 Å². The van der Waals surface area contributed by atoms with Crippen molar-refractivity contribution in [1.82, 2.24) is 10.6 Å². The van der Waals surface area contributed by atoms with Crippen LogP contribution in [0, 0.1) is 5.92 Å². The molecule has 1 fully saturated rings. The number of carbonyl (C=O) groups excluding carboxylic acids is 1. The van der Waals surface area contributed by atoms with Gasteiger partial charge in [-0.1, -0.05) is 12.1 Å². The highest BCUT2D eigenvalue weighted by atomic mass is 32.1. The molecule has 27 heavy (non-hydrogen) atoms. The molecule has 1 aromatic carbocycles. The fourth-order valence-corrected chi connectivity index (χ4v) is 3.24. The first-order valence-corrected chi connectivity index (χ1v) is 8.26. The van der Waals surface area contributed by atoms with Gasteiger partial charge < -0.3 is 30.0 Å². The smallest absolute Gasteiger partial charge is 0.437 e. The predicted molar refractivity (Wildman–Crippen MR) is 92.3 cm³/mol. The van der Waals surface area contributed by atoms with Gasteiger partial charge in [0.2, 0.25) is 0 Å². The van der Waals surface area contributed by atoms with Crippen molar-refractivity contribution >= 4 is 23.3 Å². The third kappa shape index (κ3) is 3.74. The molecule has 0 radical (unpaired) electrons. The Morgan fingerprint density at radius 2 is 2.00 bits per heavy atom. The van der Waals surface area contributed by atoms with Gasteiger partial charge in [0.1, 0.15) is 5.92 Å². The molecule has 0 aromatic heterocycles. The summed E-state index contributed by atoms with van der Waals surface area (Å²) in [6.45, 7) is 1.27. The highest BCUT2D eigenvalue weighted by molar-refractivity contribution is 7.80. The number of halogens is 3. The van der Waals surface area contributed by atoms with Gasteiger partial charge in [-0.05, 0) is 25.2 Å². The number of hydrogen-bond donors (Lipinski definition) is 3. The van der Waals surface area contributed by atoms with E-state index in [1.54, 1.807) is 5.32 Å². The topological polar surface area (TPSA) is 89.1 Å². The van der Waals surface area contributed by atoms with Gasteiger partial charge in [0.25, 0.3) is 5.72 Å². The number of alkyl halides is 3. The second-order valence-corrected chi connectivity index (χ2v) is 6.06. The Balaban J connectivity index is 2.68. The van der Waals surface area contributed by atoms with E-state index in [0.717, 1.165) is 0 Å². The Kier molecular flexibility index (Phi) is 6.05. The molecule has 11 heteroatoms. The fraction of sp³-hybridized carbons (Fsp3) is 0.500. The van der Waals surface area contributed by atoms with Crippen LogP contribution in [0.3, 0.4) is 0 Å². The molecule has 1 heterocycles. The van der Waals surface area contributed by atoms with Gasteiger partial charge in [-0.2, -0.15) is 13.2 Å². The Labute approximate surface area is 158 Å². The molecule has 2 rings (SSSR count). The van der Waals surface area contributed by atoms with Gasteiger partial charge in [-0.25, -0.2) is 0 Å². The molecule has 0 amide bonds. The summed E-state index contributed by atoms with van der Waals surface area (Å²) in [7, 11) is 2.66. The molecule has 150 valence electrons.